The van der Waals surface area contributed by atoms with E-state index in [-0.39, 0.29) is 11.9 Å². The molecule has 0 saturated heterocycles. The Bertz CT molecular complexity index is 1150. The Kier molecular flexibility index (Phi) is 7.30. The van der Waals surface area contributed by atoms with Crippen molar-refractivity contribution in [2.75, 3.05) is 0 Å². The maximum Gasteiger partial charge on any atom is 0.124 e. The highest BCUT2D eigenvalue weighted by molar-refractivity contribution is 6.31. The standard InChI is InChI=1S/C26H26ClFN4/c1-2-9-24(19-10-5-3-6-11-19)29-17-25-26(20-12-7-4-8-13-20)31-32(30-25)18-21-14-15-22(28)16-23(21)27/h3-8,10-16,24,29H,2,9,17-18H2,1H3/t24-/m1/s1. The van der Waals surface area contributed by atoms with Crippen LogP contribution in [0.1, 0.15) is 42.6 Å². The molecule has 32 heavy (non-hydrogen) atoms. The van der Waals surface area contributed by atoms with Crippen LogP contribution in [-0.2, 0) is 13.1 Å². The molecule has 0 fully saturated rings. The molecular formula is C26H26ClFN4. The van der Waals surface area contributed by atoms with Crippen molar-refractivity contribution in [2.24, 2.45) is 0 Å². The quantitative estimate of drug-likeness (QED) is 0.321. The summed E-state index contributed by atoms with van der Waals surface area (Å²) in [5, 5.41) is 13.5. The van der Waals surface area contributed by atoms with Crippen molar-refractivity contribution in [1.29, 1.82) is 0 Å². The Balaban J connectivity index is 1.61. The topological polar surface area (TPSA) is 42.7 Å². The van der Waals surface area contributed by atoms with Gasteiger partial charge in [-0.15, -0.1) is 0 Å². The van der Waals surface area contributed by atoms with Gasteiger partial charge in [-0.1, -0.05) is 91.7 Å². The largest absolute Gasteiger partial charge is 0.304 e. The first-order valence-corrected chi connectivity index (χ1v) is 11.2. The smallest absolute Gasteiger partial charge is 0.124 e. The van der Waals surface area contributed by atoms with Crippen LogP contribution in [0.2, 0.25) is 5.02 Å². The van der Waals surface area contributed by atoms with Crippen LogP contribution < -0.4 is 5.32 Å². The summed E-state index contributed by atoms with van der Waals surface area (Å²) in [7, 11) is 0. The molecule has 1 aromatic heterocycles. The lowest BCUT2D eigenvalue weighted by molar-refractivity contribution is 0.485. The molecule has 0 bridgehead atoms. The van der Waals surface area contributed by atoms with Crippen molar-refractivity contribution in [1.82, 2.24) is 20.3 Å². The molecular weight excluding hydrogens is 423 g/mol. The van der Waals surface area contributed by atoms with Gasteiger partial charge in [-0.05, 0) is 29.7 Å². The van der Waals surface area contributed by atoms with Crippen LogP contribution in [0.25, 0.3) is 11.3 Å². The minimum atomic E-state index is -0.357. The average Bonchev–Trinajstić information content (AvgIpc) is 3.22. The molecule has 4 nitrogen and oxygen atoms in total. The molecule has 0 spiro atoms. The zero-order valence-electron chi connectivity index (χ0n) is 18.0. The van der Waals surface area contributed by atoms with Crippen LogP contribution in [-0.4, -0.2) is 15.0 Å². The first kappa shape index (κ1) is 22.2. The minimum absolute atomic E-state index is 0.238. The molecule has 4 aromatic rings. The molecule has 0 radical (unpaired) electrons. The third-order valence-corrected chi connectivity index (χ3v) is 5.75. The maximum atomic E-state index is 13.4. The van der Waals surface area contributed by atoms with Crippen molar-refractivity contribution in [3.63, 3.8) is 0 Å². The lowest BCUT2D eigenvalue weighted by atomic mass is 10.0. The second-order valence-electron chi connectivity index (χ2n) is 7.76. The Hall–Kier alpha value is -3.02. The van der Waals surface area contributed by atoms with Gasteiger partial charge in [0.15, 0.2) is 0 Å². The van der Waals surface area contributed by atoms with E-state index in [1.54, 1.807) is 10.9 Å². The third-order valence-electron chi connectivity index (χ3n) is 5.39. The summed E-state index contributed by atoms with van der Waals surface area (Å²) in [6.07, 6.45) is 2.11. The van der Waals surface area contributed by atoms with Crippen molar-refractivity contribution >= 4 is 11.6 Å². The van der Waals surface area contributed by atoms with Crippen LogP contribution in [0.4, 0.5) is 4.39 Å². The van der Waals surface area contributed by atoms with E-state index in [0.29, 0.717) is 18.1 Å². The fourth-order valence-electron chi connectivity index (χ4n) is 3.78. The molecule has 4 rings (SSSR count). The number of nitrogens with one attached hydrogen (secondary N) is 1. The van der Waals surface area contributed by atoms with Gasteiger partial charge in [-0.3, -0.25) is 0 Å². The summed E-state index contributed by atoms with van der Waals surface area (Å²) in [4.78, 5) is 1.63. The van der Waals surface area contributed by atoms with Gasteiger partial charge < -0.3 is 5.32 Å². The summed E-state index contributed by atoms with van der Waals surface area (Å²) < 4.78 is 13.4. The second-order valence-corrected chi connectivity index (χ2v) is 8.17. The Morgan fingerprint density at radius 2 is 1.69 bits per heavy atom. The fourth-order valence-corrected chi connectivity index (χ4v) is 4.00. The van der Waals surface area contributed by atoms with E-state index in [1.165, 1.54) is 17.7 Å². The lowest BCUT2D eigenvalue weighted by Crippen LogP contribution is -2.21. The molecule has 0 saturated carbocycles. The molecule has 1 N–H and O–H groups in total. The fraction of sp³-hybridized carbons (Fsp3) is 0.231. The van der Waals surface area contributed by atoms with Crippen LogP contribution >= 0.6 is 11.6 Å². The molecule has 6 heteroatoms. The maximum absolute atomic E-state index is 13.4. The Labute approximate surface area is 193 Å². The van der Waals surface area contributed by atoms with Crippen LogP contribution in [0.3, 0.4) is 0 Å². The first-order chi connectivity index (χ1) is 15.6. The van der Waals surface area contributed by atoms with Gasteiger partial charge in [0.1, 0.15) is 17.2 Å². The van der Waals surface area contributed by atoms with E-state index in [9.17, 15) is 4.39 Å². The number of nitrogens with zero attached hydrogens (tertiary/aromatic N) is 3. The molecule has 164 valence electrons. The summed E-state index contributed by atoms with van der Waals surface area (Å²) in [6.45, 7) is 3.15. The summed E-state index contributed by atoms with van der Waals surface area (Å²) >= 11 is 6.23. The van der Waals surface area contributed by atoms with Gasteiger partial charge in [0.05, 0.1) is 6.54 Å². The van der Waals surface area contributed by atoms with E-state index in [2.05, 4.69) is 36.5 Å². The van der Waals surface area contributed by atoms with Gasteiger partial charge in [-0.25, -0.2) is 4.39 Å². The molecule has 3 aromatic carbocycles. The molecule has 0 amide bonds. The van der Waals surface area contributed by atoms with Crippen molar-refractivity contribution in [3.8, 4) is 11.3 Å². The minimum Gasteiger partial charge on any atom is -0.304 e. The SMILES string of the molecule is CCC[C@@H](NCc1nn(Cc2ccc(F)cc2Cl)nc1-c1ccccc1)c1ccccc1. The normalized spacial score (nSPS) is 12.1. The van der Waals surface area contributed by atoms with Gasteiger partial charge >= 0.3 is 0 Å². The predicted octanol–water partition coefficient (Wildman–Crippen LogP) is 6.42. The average molecular weight is 449 g/mol. The van der Waals surface area contributed by atoms with E-state index in [4.69, 9.17) is 21.8 Å². The number of rotatable bonds is 9. The molecule has 0 aliphatic heterocycles. The van der Waals surface area contributed by atoms with Crippen molar-refractivity contribution in [2.45, 2.75) is 38.9 Å². The lowest BCUT2D eigenvalue weighted by Gasteiger charge is -2.18. The number of aromatic nitrogens is 3. The molecule has 0 aliphatic carbocycles. The summed E-state index contributed by atoms with van der Waals surface area (Å²) in [5.74, 6) is -0.357. The van der Waals surface area contributed by atoms with Crippen molar-refractivity contribution < 1.29 is 4.39 Å². The van der Waals surface area contributed by atoms with E-state index >= 15 is 0 Å². The van der Waals surface area contributed by atoms with Gasteiger partial charge in [0.2, 0.25) is 0 Å². The Morgan fingerprint density at radius 1 is 0.969 bits per heavy atom. The number of hydrogen-bond donors (Lipinski definition) is 1. The van der Waals surface area contributed by atoms with E-state index in [1.807, 2.05) is 36.4 Å². The second kappa shape index (κ2) is 10.5. The molecule has 1 atom stereocenters. The summed E-state index contributed by atoms with van der Waals surface area (Å²) in [6, 6.07) is 25.1. The highest BCUT2D eigenvalue weighted by Crippen LogP contribution is 2.24. The van der Waals surface area contributed by atoms with Crippen LogP contribution in [0.15, 0.2) is 78.9 Å². The van der Waals surface area contributed by atoms with Gasteiger partial charge in [-0.2, -0.15) is 15.0 Å². The van der Waals surface area contributed by atoms with Gasteiger partial charge in [0, 0.05) is 23.2 Å². The molecule has 0 unspecified atom stereocenters. The molecule has 1 heterocycles. The highest BCUT2D eigenvalue weighted by atomic mass is 35.5. The highest BCUT2D eigenvalue weighted by Gasteiger charge is 2.17. The van der Waals surface area contributed by atoms with E-state index in [0.717, 1.165) is 35.4 Å². The van der Waals surface area contributed by atoms with Gasteiger partial charge in [0.25, 0.3) is 0 Å². The summed E-state index contributed by atoms with van der Waals surface area (Å²) in [5.41, 5.74) is 4.75. The van der Waals surface area contributed by atoms with Crippen molar-refractivity contribution in [3.05, 3.63) is 107 Å². The van der Waals surface area contributed by atoms with Crippen LogP contribution in [0, 0.1) is 5.82 Å². The first-order valence-electron chi connectivity index (χ1n) is 10.9. The zero-order valence-corrected chi connectivity index (χ0v) is 18.8. The van der Waals surface area contributed by atoms with E-state index < -0.39 is 0 Å². The number of halogens is 2. The Morgan fingerprint density at radius 3 is 2.38 bits per heavy atom. The molecule has 0 aliphatic rings. The van der Waals surface area contributed by atoms with Crippen LogP contribution in [0.5, 0.6) is 0 Å². The number of benzene rings is 3. The predicted molar refractivity (Wildman–Crippen MR) is 127 cm³/mol. The zero-order chi connectivity index (χ0) is 22.3. The third kappa shape index (κ3) is 5.42. The monoisotopic (exact) mass is 448 g/mol. The number of hydrogen-bond acceptors (Lipinski definition) is 3.